The second kappa shape index (κ2) is 7.71. The smallest absolute Gasteiger partial charge is 0.236 e. The Morgan fingerprint density at radius 1 is 0.879 bits per heavy atom. The lowest BCUT2D eigenvalue weighted by molar-refractivity contribution is -0.125. The quantitative estimate of drug-likeness (QED) is 0.480. The predicted octanol–water partition coefficient (Wildman–Crippen LogP) is 2.99. The van der Waals surface area contributed by atoms with Gasteiger partial charge in [0.1, 0.15) is 5.82 Å². The van der Waals surface area contributed by atoms with E-state index in [0.717, 1.165) is 59.2 Å². The van der Waals surface area contributed by atoms with E-state index in [1.54, 1.807) is 0 Å². The Morgan fingerprint density at radius 2 is 1.58 bits per heavy atom. The summed E-state index contributed by atoms with van der Waals surface area (Å²) in [6, 6.07) is 18.0. The Kier molecular flexibility index (Phi) is 4.66. The van der Waals surface area contributed by atoms with Gasteiger partial charge in [0.05, 0.1) is 17.5 Å². The van der Waals surface area contributed by atoms with Gasteiger partial charge in [0, 0.05) is 48.7 Å². The van der Waals surface area contributed by atoms with Gasteiger partial charge in [0.25, 0.3) is 0 Å². The summed E-state index contributed by atoms with van der Waals surface area (Å²) < 4.78 is 0. The Labute approximate surface area is 191 Å². The van der Waals surface area contributed by atoms with Crippen molar-refractivity contribution in [2.24, 2.45) is 0 Å². The molecule has 2 aliphatic heterocycles. The summed E-state index contributed by atoms with van der Waals surface area (Å²) in [6.45, 7) is 3.68. The number of likely N-dealkylation sites (N-methyl/N-ethyl adjacent to an activating group) is 1. The van der Waals surface area contributed by atoms with E-state index >= 15 is 0 Å². The van der Waals surface area contributed by atoms with E-state index in [1.165, 1.54) is 0 Å². The molecule has 2 aromatic carbocycles. The van der Waals surface area contributed by atoms with Crippen LogP contribution >= 0.6 is 0 Å². The molecule has 2 N–H and O–H groups in total. The Hall–Kier alpha value is -3.71. The number of hydrogen-bond donors (Lipinski definition) is 2. The van der Waals surface area contributed by atoms with Gasteiger partial charge in [-0.05, 0) is 30.1 Å². The SMILES string of the molecule is CN1CCN(c2cc3ccccc3c(C3C(=O)NC(=O)C3c3c[nH]c4ccccc34)n2)CC1. The van der Waals surface area contributed by atoms with Crippen LogP contribution in [0.4, 0.5) is 5.82 Å². The molecule has 4 aromatic rings. The fourth-order valence-electron chi connectivity index (χ4n) is 5.18. The van der Waals surface area contributed by atoms with E-state index in [0.29, 0.717) is 5.69 Å². The van der Waals surface area contributed by atoms with Gasteiger partial charge in [0.2, 0.25) is 11.8 Å². The average molecular weight is 440 g/mol. The highest BCUT2D eigenvalue weighted by Gasteiger charge is 2.46. The van der Waals surface area contributed by atoms with E-state index < -0.39 is 11.8 Å². The molecular formula is C26H25N5O2. The minimum absolute atomic E-state index is 0.273. The van der Waals surface area contributed by atoms with Gasteiger partial charge >= 0.3 is 0 Å². The first-order chi connectivity index (χ1) is 16.1. The lowest BCUT2D eigenvalue weighted by Gasteiger charge is -2.34. The van der Waals surface area contributed by atoms with Crippen molar-refractivity contribution in [2.75, 3.05) is 38.1 Å². The van der Waals surface area contributed by atoms with Crippen molar-refractivity contribution in [3.8, 4) is 0 Å². The molecule has 7 heteroatoms. The first kappa shape index (κ1) is 19.9. The maximum absolute atomic E-state index is 13.2. The van der Waals surface area contributed by atoms with Gasteiger partial charge in [-0.2, -0.15) is 0 Å². The maximum atomic E-state index is 13.2. The van der Waals surface area contributed by atoms with Crippen molar-refractivity contribution in [3.05, 3.63) is 72.1 Å². The number of aromatic amines is 1. The van der Waals surface area contributed by atoms with Crippen molar-refractivity contribution in [1.29, 1.82) is 0 Å². The van der Waals surface area contributed by atoms with Crippen molar-refractivity contribution in [2.45, 2.75) is 11.8 Å². The van der Waals surface area contributed by atoms with Gasteiger partial charge in [-0.25, -0.2) is 4.98 Å². The highest BCUT2D eigenvalue weighted by atomic mass is 16.2. The van der Waals surface area contributed by atoms with Gasteiger partial charge < -0.3 is 14.8 Å². The molecule has 2 atom stereocenters. The number of piperazine rings is 1. The summed E-state index contributed by atoms with van der Waals surface area (Å²) in [7, 11) is 2.12. The van der Waals surface area contributed by atoms with Gasteiger partial charge in [-0.1, -0.05) is 42.5 Å². The Morgan fingerprint density at radius 3 is 2.39 bits per heavy atom. The number of amides is 2. The molecule has 0 saturated carbocycles. The molecule has 2 saturated heterocycles. The number of hydrogen-bond acceptors (Lipinski definition) is 5. The zero-order valence-electron chi connectivity index (χ0n) is 18.4. The van der Waals surface area contributed by atoms with Gasteiger partial charge in [0.15, 0.2) is 0 Å². The van der Waals surface area contributed by atoms with Crippen LogP contribution < -0.4 is 10.2 Å². The zero-order chi connectivity index (χ0) is 22.5. The average Bonchev–Trinajstić information content (AvgIpc) is 3.38. The molecule has 2 fully saturated rings. The highest BCUT2D eigenvalue weighted by molar-refractivity contribution is 6.12. The molecule has 7 nitrogen and oxygen atoms in total. The molecule has 0 aliphatic carbocycles. The third-order valence-corrected chi connectivity index (χ3v) is 6.98. The summed E-state index contributed by atoms with van der Waals surface area (Å²) in [6.07, 6.45) is 1.85. The number of imide groups is 1. The molecule has 33 heavy (non-hydrogen) atoms. The number of carbonyl (C=O) groups excluding carboxylic acids is 2. The predicted molar refractivity (Wildman–Crippen MR) is 128 cm³/mol. The first-order valence-electron chi connectivity index (χ1n) is 11.3. The summed E-state index contributed by atoms with van der Waals surface area (Å²) >= 11 is 0. The van der Waals surface area contributed by atoms with Crippen LogP contribution in [0.3, 0.4) is 0 Å². The fourth-order valence-corrected chi connectivity index (χ4v) is 5.18. The number of nitrogens with one attached hydrogen (secondary N) is 2. The molecule has 2 amide bonds. The van der Waals surface area contributed by atoms with Gasteiger partial charge in [-0.3, -0.25) is 14.9 Å². The molecule has 2 aliphatic rings. The van der Waals surface area contributed by atoms with Crippen LogP contribution in [0.2, 0.25) is 0 Å². The summed E-state index contributed by atoms with van der Waals surface area (Å²) in [5.74, 6) is -1.02. The van der Waals surface area contributed by atoms with Crippen LogP contribution in [-0.4, -0.2) is 59.9 Å². The second-order valence-electron chi connectivity index (χ2n) is 8.98. The first-order valence-corrected chi connectivity index (χ1v) is 11.3. The molecule has 2 aromatic heterocycles. The molecule has 6 rings (SSSR count). The van der Waals surface area contributed by atoms with E-state index in [4.69, 9.17) is 4.98 Å². The number of pyridine rings is 1. The van der Waals surface area contributed by atoms with Crippen LogP contribution in [0, 0.1) is 0 Å². The highest BCUT2D eigenvalue weighted by Crippen LogP contribution is 2.42. The topological polar surface area (TPSA) is 81.3 Å². The second-order valence-corrected chi connectivity index (χ2v) is 8.98. The number of rotatable bonds is 3. The maximum Gasteiger partial charge on any atom is 0.236 e. The number of fused-ring (bicyclic) bond motifs is 2. The number of nitrogens with zero attached hydrogens (tertiary/aromatic N) is 3. The van der Waals surface area contributed by atoms with Crippen molar-refractivity contribution in [3.63, 3.8) is 0 Å². The monoisotopic (exact) mass is 439 g/mol. The molecule has 0 bridgehead atoms. The zero-order valence-corrected chi connectivity index (χ0v) is 18.4. The van der Waals surface area contributed by atoms with Gasteiger partial charge in [-0.15, -0.1) is 0 Å². The molecule has 166 valence electrons. The number of benzene rings is 2. The van der Waals surface area contributed by atoms with E-state index in [9.17, 15) is 9.59 Å². The normalized spacial score (nSPS) is 21.8. The lowest BCUT2D eigenvalue weighted by Crippen LogP contribution is -2.44. The van der Waals surface area contributed by atoms with E-state index in [-0.39, 0.29) is 11.8 Å². The van der Waals surface area contributed by atoms with E-state index in [1.807, 2.05) is 48.7 Å². The van der Waals surface area contributed by atoms with Crippen molar-refractivity contribution < 1.29 is 9.59 Å². The van der Waals surface area contributed by atoms with Crippen molar-refractivity contribution >= 4 is 39.3 Å². The molecule has 0 spiro atoms. The Bertz CT molecular complexity index is 1390. The number of aromatic nitrogens is 2. The molecule has 2 unspecified atom stereocenters. The molecule has 4 heterocycles. The number of para-hydroxylation sites is 1. The standard InChI is InChI=1S/C26H25N5O2/c1-30-10-12-31(13-11-30)21-14-16-6-2-3-7-17(16)24(28-21)23-22(25(32)29-26(23)33)19-15-27-20-9-5-4-8-18(19)20/h2-9,14-15,22-23,27H,10-13H2,1H3,(H,29,32,33). The van der Waals surface area contributed by atoms with Crippen LogP contribution in [0.25, 0.3) is 21.7 Å². The number of carbonyl (C=O) groups is 2. The third-order valence-electron chi connectivity index (χ3n) is 6.98. The number of anilines is 1. The minimum atomic E-state index is -0.686. The lowest BCUT2D eigenvalue weighted by atomic mass is 9.84. The molecule has 0 radical (unpaired) electrons. The van der Waals surface area contributed by atoms with Crippen LogP contribution in [0.5, 0.6) is 0 Å². The summed E-state index contributed by atoms with van der Waals surface area (Å²) in [4.78, 5) is 39.1. The largest absolute Gasteiger partial charge is 0.361 e. The fraction of sp³-hybridized carbons (Fsp3) is 0.269. The summed E-state index contributed by atoms with van der Waals surface area (Å²) in [5, 5.41) is 5.48. The third kappa shape index (κ3) is 3.27. The number of H-pyrrole nitrogens is 1. The van der Waals surface area contributed by atoms with Crippen LogP contribution in [0.15, 0.2) is 60.8 Å². The van der Waals surface area contributed by atoms with Crippen molar-refractivity contribution in [1.82, 2.24) is 20.2 Å². The van der Waals surface area contributed by atoms with Crippen LogP contribution in [-0.2, 0) is 9.59 Å². The van der Waals surface area contributed by atoms with E-state index in [2.05, 4.69) is 39.3 Å². The van der Waals surface area contributed by atoms with Crippen LogP contribution in [0.1, 0.15) is 23.1 Å². The Balaban J connectivity index is 1.52. The summed E-state index contributed by atoms with van der Waals surface area (Å²) in [5.41, 5.74) is 2.44. The molecular weight excluding hydrogens is 414 g/mol. The minimum Gasteiger partial charge on any atom is -0.361 e.